The van der Waals surface area contributed by atoms with Gasteiger partial charge < -0.3 is 18.9 Å². The van der Waals surface area contributed by atoms with Gasteiger partial charge in [0.15, 0.2) is 18.4 Å². The number of carbonyl (C=O) groups excluding carboxylic acids is 3. The summed E-state index contributed by atoms with van der Waals surface area (Å²) in [6, 6.07) is 16.3. The predicted octanol–water partition coefficient (Wildman–Crippen LogP) is 1.76. The molecule has 0 amide bonds. The van der Waals surface area contributed by atoms with Gasteiger partial charge in [-0.15, -0.1) is 0 Å². The zero-order valence-electron chi connectivity index (χ0n) is 20.0. The molecule has 11 nitrogen and oxygen atoms in total. The van der Waals surface area contributed by atoms with E-state index in [1.54, 1.807) is 48.5 Å². The van der Waals surface area contributed by atoms with Crippen molar-refractivity contribution in [2.24, 2.45) is 0 Å². The summed E-state index contributed by atoms with van der Waals surface area (Å²) in [6.07, 6.45) is -3.72. The Labute approximate surface area is 210 Å². The van der Waals surface area contributed by atoms with Crippen LogP contribution in [-0.2, 0) is 23.7 Å². The third kappa shape index (κ3) is 5.84. The summed E-state index contributed by atoms with van der Waals surface area (Å²) in [5.74, 6) is -2.11. The van der Waals surface area contributed by atoms with Crippen molar-refractivity contribution in [2.45, 2.75) is 38.4 Å². The van der Waals surface area contributed by atoms with Gasteiger partial charge in [0, 0.05) is 18.7 Å². The Balaban J connectivity index is 1.68. The molecule has 37 heavy (non-hydrogen) atoms. The minimum absolute atomic E-state index is 0.194. The minimum Gasteiger partial charge on any atom is -0.459 e. The number of hydrogen-bond donors (Lipinski definition) is 1. The van der Waals surface area contributed by atoms with Crippen LogP contribution in [0.25, 0.3) is 0 Å². The van der Waals surface area contributed by atoms with Gasteiger partial charge in [0.2, 0.25) is 0 Å². The van der Waals surface area contributed by atoms with E-state index >= 15 is 0 Å². The van der Waals surface area contributed by atoms with Gasteiger partial charge in [-0.2, -0.15) is 0 Å². The normalized spacial score (nSPS) is 20.7. The SMILES string of the molecule is CC(=O)O[C@H]1[C@H](OC(=O)c2ccccc2)[C@@H](n2cc(C)c(=O)[nH]c2=O)O[C@@H]1COC(=O)c1ccccc1. The highest BCUT2D eigenvalue weighted by atomic mass is 16.7. The Morgan fingerprint density at radius 3 is 2.08 bits per heavy atom. The molecule has 1 saturated heterocycles. The van der Waals surface area contributed by atoms with E-state index < -0.39 is 53.7 Å². The number of esters is 3. The minimum atomic E-state index is -1.32. The lowest BCUT2D eigenvalue weighted by Crippen LogP contribution is -2.43. The number of nitrogens with zero attached hydrogens (tertiary/aromatic N) is 1. The number of aromatic amines is 1. The Bertz CT molecular complexity index is 1400. The maximum Gasteiger partial charge on any atom is 0.338 e. The largest absolute Gasteiger partial charge is 0.459 e. The molecule has 1 N–H and O–H groups in total. The molecule has 0 bridgehead atoms. The number of hydrogen-bond acceptors (Lipinski definition) is 9. The molecule has 3 aromatic rings. The lowest BCUT2D eigenvalue weighted by Gasteiger charge is -2.24. The van der Waals surface area contributed by atoms with Gasteiger partial charge in [0.25, 0.3) is 5.56 Å². The van der Waals surface area contributed by atoms with Crippen molar-refractivity contribution >= 4 is 17.9 Å². The summed E-state index contributed by atoms with van der Waals surface area (Å²) < 4.78 is 23.5. The molecule has 4 rings (SSSR count). The molecule has 0 spiro atoms. The zero-order valence-corrected chi connectivity index (χ0v) is 20.0. The number of rotatable bonds is 7. The molecule has 4 atom stereocenters. The van der Waals surface area contributed by atoms with E-state index in [1.807, 2.05) is 0 Å². The summed E-state index contributed by atoms with van der Waals surface area (Å²) in [5.41, 5.74) is -0.724. The van der Waals surface area contributed by atoms with E-state index in [0.717, 1.165) is 11.5 Å². The standard InChI is InChI=1S/C26H24N2O9/c1-15-13-28(26(33)27-22(15)30)23-21(37-25(32)18-11-7-4-8-12-18)20(35-16(2)29)19(36-23)14-34-24(31)17-9-5-3-6-10-17/h3-13,19-21,23H,14H2,1-2H3,(H,27,30,33)/t19-,20-,21+,23+/m1/s1. The monoisotopic (exact) mass is 508 g/mol. The zero-order chi connectivity index (χ0) is 26.5. The maximum absolute atomic E-state index is 12.9. The molecule has 1 aliphatic rings. The molecule has 0 aliphatic carbocycles. The number of aryl methyl sites for hydroxylation is 1. The first-order valence-electron chi connectivity index (χ1n) is 11.4. The summed E-state index contributed by atoms with van der Waals surface area (Å²) in [5, 5.41) is 0. The van der Waals surface area contributed by atoms with Gasteiger partial charge in [-0.25, -0.2) is 14.4 Å². The van der Waals surface area contributed by atoms with Crippen LogP contribution in [-0.4, -0.2) is 52.4 Å². The van der Waals surface area contributed by atoms with Crippen LogP contribution < -0.4 is 11.2 Å². The summed E-state index contributed by atoms with van der Waals surface area (Å²) in [4.78, 5) is 64.1. The van der Waals surface area contributed by atoms with E-state index in [1.165, 1.54) is 25.3 Å². The third-order valence-corrected chi connectivity index (χ3v) is 5.65. The summed E-state index contributed by atoms with van der Waals surface area (Å²) in [6.45, 7) is 2.27. The van der Waals surface area contributed by atoms with Gasteiger partial charge in [-0.1, -0.05) is 36.4 Å². The molecule has 1 aromatic heterocycles. The van der Waals surface area contributed by atoms with E-state index in [0.29, 0.717) is 5.56 Å². The van der Waals surface area contributed by atoms with Gasteiger partial charge in [-0.05, 0) is 31.2 Å². The van der Waals surface area contributed by atoms with Crippen LogP contribution in [0.1, 0.15) is 39.4 Å². The molecule has 2 heterocycles. The Kier molecular flexibility index (Phi) is 7.63. The second-order valence-corrected chi connectivity index (χ2v) is 8.32. The predicted molar refractivity (Wildman–Crippen MR) is 128 cm³/mol. The fourth-order valence-corrected chi connectivity index (χ4v) is 3.88. The van der Waals surface area contributed by atoms with E-state index in [9.17, 15) is 24.0 Å². The number of benzene rings is 2. The molecule has 2 aromatic carbocycles. The van der Waals surface area contributed by atoms with Crippen molar-refractivity contribution in [3.63, 3.8) is 0 Å². The number of H-pyrrole nitrogens is 1. The lowest BCUT2D eigenvalue weighted by molar-refractivity contribution is -0.154. The first-order chi connectivity index (χ1) is 17.7. The molecule has 0 saturated carbocycles. The van der Waals surface area contributed by atoms with Crippen LogP contribution in [0.3, 0.4) is 0 Å². The highest BCUT2D eigenvalue weighted by Crippen LogP contribution is 2.34. The number of aromatic nitrogens is 2. The average Bonchev–Trinajstić information content (AvgIpc) is 3.21. The third-order valence-electron chi connectivity index (χ3n) is 5.65. The fraction of sp³-hybridized carbons (Fsp3) is 0.269. The van der Waals surface area contributed by atoms with Gasteiger partial charge >= 0.3 is 23.6 Å². The molecule has 192 valence electrons. The maximum atomic E-state index is 12.9. The molecule has 1 aliphatic heterocycles. The van der Waals surface area contributed by atoms with Crippen LogP contribution >= 0.6 is 0 Å². The number of carbonyl (C=O) groups is 3. The van der Waals surface area contributed by atoms with Crippen LogP contribution in [0.4, 0.5) is 0 Å². The molecular formula is C26H24N2O9. The van der Waals surface area contributed by atoms with Crippen molar-refractivity contribution in [1.29, 1.82) is 0 Å². The Morgan fingerprint density at radius 1 is 0.892 bits per heavy atom. The molecule has 0 radical (unpaired) electrons. The van der Waals surface area contributed by atoms with Crippen molar-refractivity contribution in [1.82, 2.24) is 9.55 Å². The summed E-state index contributed by atoms with van der Waals surface area (Å²) in [7, 11) is 0. The summed E-state index contributed by atoms with van der Waals surface area (Å²) >= 11 is 0. The quantitative estimate of drug-likeness (QED) is 0.373. The highest BCUT2D eigenvalue weighted by Gasteiger charge is 2.51. The average molecular weight is 508 g/mol. The van der Waals surface area contributed by atoms with Crippen molar-refractivity contribution in [3.05, 3.63) is 104 Å². The second-order valence-electron chi connectivity index (χ2n) is 8.32. The topological polar surface area (TPSA) is 143 Å². The van der Waals surface area contributed by atoms with Crippen LogP contribution in [0.15, 0.2) is 76.4 Å². The van der Waals surface area contributed by atoms with Crippen LogP contribution in [0, 0.1) is 6.92 Å². The molecule has 0 unspecified atom stereocenters. The number of nitrogens with one attached hydrogen (secondary N) is 1. The molecule has 11 heteroatoms. The van der Waals surface area contributed by atoms with Crippen molar-refractivity contribution < 1.29 is 33.3 Å². The highest BCUT2D eigenvalue weighted by molar-refractivity contribution is 5.90. The van der Waals surface area contributed by atoms with Crippen LogP contribution in [0.5, 0.6) is 0 Å². The van der Waals surface area contributed by atoms with Gasteiger partial charge in [0.1, 0.15) is 12.7 Å². The van der Waals surface area contributed by atoms with E-state index in [2.05, 4.69) is 4.98 Å². The molecule has 1 fully saturated rings. The van der Waals surface area contributed by atoms with E-state index in [-0.39, 0.29) is 17.7 Å². The van der Waals surface area contributed by atoms with E-state index in [4.69, 9.17) is 18.9 Å². The lowest BCUT2D eigenvalue weighted by atomic mass is 10.1. The first kappa shape index (κ1) is 25.6. The Hall–Kier alpha value is -4.51. The van der Waals surface area contributed by atoms with Crippen molar-refractivity contribution in [3.8, 4) is 0 Å². The smallest absolute Gasteiger partial charge is 0.338 e. The fourth-order valence-electron chi connectivity index (χ4n) is 3.88. The van der Waals surface area contributed by atoms with Crippen molar-refractivity contribution in [2.75, 3.05) is 6.61 Å². The number of ether oxygens (including phenoxy) is 4. The van der Waals surface area contributed by atoms with Gasteiger partial charge in [-0.3, -0.25) is 19.1 Å². The van der Waals surface area contributed by atoms with Crippen LogP contribution in [0.2, 0.25) is 0 Å². The Morgan fingerprint density at radius 2 is 1.49 bits per heavy atom. The first-order valence-corrected chi connectivity index (χ1v) is 11.4. The van der Waals surface area contributed by atoms with Gasteiger partial charge in [0.05, 0.1) is 11.1 Å². The second kappa shape index (κ2) is 11.0. The molecular weight excluding hydrogens is 484 g/mol.